The van der Waals surface area contributed by atoms with Gasteiger partial charge in [-0.25, -0.2) is 4.79 Å². The summed E-state index contributed by atoms with van der Waals surface area (Å²) in [4.78, 5) is 173. The summed E-state index contributed by atoms with van der Waals surface area (Å²) >= 11 is 0. The summed E-state index contributed by atoms with van der Waals surface area (Å²) in [5, 5.41) is 5.42. The number of piperidine rings is 1. The van der Waals surface area contributed by atoms with Gasteiger partial charge in [-0.15, -0.1) is 12.8 Å². The molecule has 0 aromatic rings. The Kier molecular flexibility index (Phi) is 81.2. The molecule has 798 valence electrons. The maximum absolute atomic E-state index is 11.6. The predicted molar refractivity (Wildman–Crippen MR) is 585 cm³/mol. The van der Waals surface area contributed by atoms with Gasteiger partial charge in [0.15, 0.2) is 46.3 Å². The van der Waals surface area contributed by atoms with Crippen LogP contribution in [-0.4, -0.2) is 179 Å². The lowest BCUT2D eigenvalue weighted by molar-refractivity contribution is -0.137. The van der Waals surface area contributed by atoms with Gasteiger partial charge >= 0.3 is 5.97 Å². The Morgan fingerprint density at radius 3 is 0.914 bits per heavy atom. The van der Waals surface area contributed by atoms with Crippen molar-refractivity contribution in [3.63, 3.8) is 0 Å². The molecule has 3 fully saturated rings. The molecule has 21 heteroatoms. The normalized spacial score (nSPS) is 13.6. The fourth-order valence-electron chi connectivity index (χ4n) is 8.59. The second kappa shape index (κ2) is 75.0. The van der Waals surface area contributed by atoms with Crippen LogP contribution in [0.1, 0.15) is 402 Å². The number of Topliss-reactive ketones (excluding diaryl/α,β-unsaturated/α-hetero) is 4. The minimum atomic E-state index is -0.472. The van der Waals surface area contributed by atoms with Crippen LogP contribution in [0.5, 0.6) is 0 Å². The standard InChI is InChI=1S/C13H23NO.C11H19NO.C10H19NO.C10H16O3.C10H16O2.C10H18O.C9H16O.C9H14O.C8H14O.C7H15NO.C7H11NO.C7H14O.C7H10O/c1-13(2,3)12(15)8-7-11-14-9-5-4-6-10-14;1-11(2,3)10(13)6-4-7-12-8-5-9-12;1-10(2,3)9(12)7-6-8-11(4)5;1-5-13-9(12)7-6-8(11)10(2,3)4;1-5-8(11)6-7-9(12)10(2,3)4;1-5-6-7-8-9(11)10(2,3)4;2*1-5-6-7-8(10)9(2,3)4;1-8(2,3)7(9)6-4-5-6;2*1-5-6(9)8-7(2,3)4;2*1-5-6(8)7(2,3)4/h7-8H,4-6,9-11H2,1-3H3;4,6H,5,7-9H2,1-3H3;6-7H,8H2,1-5H3;6-7H,5H2,1-4H3;6-7H,5H2,1-4H3;7-8H,5-6H2,1-4H3;6-7H,5H2,1-4H3;5H2,1-4H3;6H,4-5H2,1-3H3;5H2,1-4H3,(H,8,9);1H,2-4H3,(H,8,9);5H2,1-4H3;1H,2-4H3/b8-7+;6-4+;3*7-6+;8-7+;7-6+;;;;;;. The topological polar surface area (TPSA) is 299 Å². The van der Waals surface area contributed by atoms with Crippen LogP contribution < -0.4 is 10.6 Å². The number of esters is 1. The van der Waals surface area contributed by atoms with E-state index in [9.17, 15) is 71.9 Å². The fraction of sp³-hybridized carbons (Fsp3) is 0.703. The van der Waals surface area contributed by atoms with E-state index in [0.717, 1.165) is 64.2 Å². The van der Waals surface area contributed by atoms with E-state index in [1.54, 1.807) is 85.8 Å². The fourth-order valence-corrected chi connectivity index (χ4v) is 8.59. The van der Waals surface area contributed by atoms with Gasteiger partial charge in [0.2, 0.25) is 17.5 Å². The summed E-state index contributed by atoms with van der Waals surface area (Å²) in [6.45, 7) is 95.4. The summed E-state index contributed by atoms with van der Waals surface area (Å²) < 4.78 is 4.63. The summed E-state index contributed by atoms with van der Waals surface area (Å²) in [6.07, 6.45) is 46.1. The van der Waals surface area contributed by atoms with E-state index in [4.69, 9.17) is 12.8 Å². The van der Waals surface area contributed by atoms with Crippen LogP contribution in [0, 0.1) is 102 Å². The molecule has 0 spiro atoms. The summed E-state index contributed by atoms with van der Waals surface area (Å²) in [5.74, 6) is 10.7. The van der Waals surface area contributed by atoms with Crippen molar-refractivity contribution >= 4 is 87.2 Å². The zero-order valence-electron chi connectivity index (χ0n) is 97.5. The van der Waals surface area contributed by atoms with Gasteiger partial charge in [-0.2, -0.15) is 0 Å². The molecular weight excluding hydrogens is 1740 g/mol. The van der Waals surface area contributed by atoms with E-state index in [-0.39, 0.29) is 135 Å². The van der Waals surface area contributed by atoms with Crippen molar-refractivity contribution in [3.8, 4) is 36.5 Å². The number of likely N-dealkylation sites (tertiary alicyclic amines) is 2. The molecule has 2 N–H and O–H groups in total. The highest BCUT2D eigenvalue weighted by molar-refractivity contribution is 6.02. The first kappa shape index (κ1) is 150. The Hall–Kier alpha value is -8.81. The highest BCUT2D eigenvalue weighted by atomic mass is 16.5. The third kappa shape index (κ3) is 103. The Morgan fingerprint density at radius 1 is 0.360 bits per heavy atom. The number of carbonyl (C=O) groups is 15. The number of allylic oxidation sites excluding steroid dienone is 10. The molecule has 1 saturated carbocycles. The van der Waals surface area contributed by atoms with Crippen LogP contribution in [0.2, 0.25) is 0 Å². The van der Waals surface area contributed by atoms with Gasteiger partial charge in [0.05, 0.1) is 6.61 Å². The van der Waals surface area contributed by atoms with E-state index in [0.29, 0.717) is 43.4 Å². The zero-order chi connectivity index (χ0) is 112. The molecule has 2 saturated heterocycles. The minimum absolute atomic E-state index is 0.00685. The van der Waals surface area contributed by atoms with Gasteiger partial charge in [0.1, 0.15) is 11.6 Å². The van der Waals surface area contributed by atoms with Gasteiger partial charge < -0.3 is 20.3 Å². The molecule has 2 heterocycles. The van der Waals surface area contributed by atoms with Gasteiger partial charge in [0, 0.05) is 128 Å². The molecule has 0 aromatic carbocycles. The molecule has 1 aliphatic carbocycles. The lowest BCUT2D eigenvalue weighted by Crippen LogP contribution is -2.40. The van der Waals surface area contributed by atoms with Crippen molar-refractivity contribution in [1.29, 1.82) is 0 Å². The highest BCUT2D eigenvalue weighted by Crippen LogP contribution is 2.36. The number of amides is 2. The number of hydrogen-bond donors (Lipinski definition) is 2. The molecule has 2 amide bonds. The number of terminal acetylenes is 2. The molecule has 0 aromatic heterocycles. The smallest absolute Gasteiger partial charge is 0.330 e. The largest absolute Gasteiger partial charge is 0.463 e. The maximum Gasteiger partial charge on any atom is 0.330 e. The Labute approximate surface area is 851 Å². The van der Waals surface area contributed by atoms with Crippen molar-refractivity contribution in [3.05, 3.63) is 85.1 Å². The van der Waals surface area contributed by atoms with Crippen LogP contribution in [0.15, 0.2) is 85.1 Å². The number of unbranched alkanes of at least 4 members (excludes halogenated alkanes) is 1. The highest BCUT2D eigenvalue weighted by Gasteiger charge is 2.37. The van der Waals surface area contributed by atoms with E-state index >= 15 is 0 Å². The lowest BCUT2D eigenvalue weighted by atomic mass is 9.88. The van der Waals surface area contributed by atoms with Crippen LogP contribution in [-0.2, 0) is 76.7 Å². The number of rotatable bonds is 23. The maximum atomic E-state index is 11.6. The van der Waals surface area contributed by atoms with Crippen LogP contribution in [0.25, 0.3) is 0 Å². The van der Waals surface area contributed by atoms with Gasteiger partial charge in [-0.05, 0) is 200 Å². The summed E-state index contributed by atoms with van der Waals surface area (Å²) in [6, 6.07) is 0. The van der Waals surface area contributed by atoms with E-state index < -0.39 is 11.4 Å². The molecule has 21 nitrogen and oxygen atoms in total. The number of nitrogens with one attached hydrogen (secondary N) is 2. The van der Waals surface area contributed by atoms with Gasteiger partial charge in [-0.1, -0.05) is 319 Å². The third-order valence-corrected chi connectivity index (χ3v) is 18.4. The molecule has 139 heavy (non-hydrogen) atoms. The molecule has 0 unspecified atom stereocenters. The third-order valence-electron chi connectivity index (χ3n) is 18.4. The molecule has 2 aliphatic heterocycles. The Morgan fingerprint density at radius 2 is 0.698 bits per heavy atom. The van der Waals surface area contributed by atoms with Crippen molar-refractivity contribution in [2.24, 2.45) is 65.5 Å². The first-order chi connectivity index (χ1) is 62.4. The van der Waals surface area contributed by atoms with Gasteiger partial charge in [0.25, 0.3) is 5.91 Å². The molecule has 0 bridgehead atoms. The van der Waals surface area contributed by atoms with E-state index in [2.05, 4.69) is 49.9 Å². The molecule has 3 rings (SSSR count). The van der Waals surface area contributed by atoms with E-state index in [1.807, 2.05) is 311 Å². The average molecular weight is 1950 g/mol. The van der Waals surface area contributed by atoms with Crippen molar-refractivity contribution in [2.45, 2.75) is 413 Å². The van der Waals surface area contributed by atoms with Crippen molar-refractivity contribution < 1.29 is 76.7 Å². The zero-order valence-corrected chi connectivity index (χ0v) is 97.5. The first-order valence-corrected chi connectivity index (χ1v) is 49.9. The van der Waals surface area contributed by atoms with Crippen molar-refractivity contribution in [1.82, 2.24) is 25.3 Å². The van der Waals surface area contributed by atoms with Gasteiger partial charge in [-0.3, -0.25) is 76.9 Å². The summed E-state index contributed by atoms with van der Waals surface area (Å²) in [7, 11) is 3.96. The number of ether oxygens (including phenoxy) is 1. The van der Waals surface area contributed by atoms with Crippen LogP contribution in [0.3, 0.4) is 0 Å². The molecule has 0 radical (unpaired) electrons. The van der Waals surface area contributed by atoms with Crippen LogP contribution in [0.4, 0.5) is 0 Å². The van der Waals surface area contributed by atoms with E-state index in [1.165, 1.54) is 70.1 Å². The molecule has 3 aliphatic rings. The quantitative estimate of drug-likeness (QED) is 0.0416. The Balaban J connectivity index is -0.000000163. The first-order valence-electron chi connectivity index (χ1n) is 49.9. The number of ketones is 12. The second-order valence-electron chi connectivity index (χ2n) is 47.9. The monoisotopic (exact) mass is 1950 g/mol. The Bertz CT molecular complexity index is 4010. The summed E-state index contributed by atoms with van der Waals surface area (Å²) in [5.41, 5.74) is -3.17. The van der Waals surface area contributed by atoms with Crippen molar-refractivity contribution in [2.75, 3.05) is 66.5 Å². The number of nitrogens with zero attached hydrogens (tertiary/aromatic N) is 3. The predicted octanol–water partition coefficient (Wildman–Crippen LogP) is 24.7. The lowest BCUT2D eigenvalue weighted by Gasteiger charge is -2.29. The number of hydrogen-bond acceptors (Lipinski definition) is 19. The number of likely N-dealkylation sites (N-methyl/N-ethyl adjacent to an activating group) is 1. The average Bonchev–Trinajstić information content (AvgIpc) is 1.70. The minimum Gasteiger partial charge on any atom is -0.463 e. The number of carbonyl (C=O) groups excluding carboxylic acids is 15. The molecule has 0 atom stereocenters. The molecular formula is C118H205N5O16. The second-order valence-corrected chi connectivity index (χ2v) is 47.9. The SMILES string of the molecule is C#CC(=O)C(C)(C)C.C#CC(=O)NC(C)(C)C.CC(C)(C)C(=O)/C=C/CN1CCC1.CC(C)(C)C(=O)/C=C/CN1CCCCC1.CC(C)(C)C(=O)C1CC1.CC/C=C/C(=O)C(C)(C)C.CCC#CC(=O)C(C)(C)C.CCC(=O)/C=C/C(=O)C(C)(C)C.CCC(=O)C(C)(C)C.CCC(=O)NC(C)(C)C.CCC/C=C/C(=O)C(C)(C)C.CCOC(=O)/C=C/C(=O)C(C)(C)C.CN(C)C/C=C/C(=O)C(C)(C)C. The van der Waals surface area contributed by atoms with Crippen LogP contribution >= 0.6 is 0 Å².